The largest absolute Gasteiger partial charge is 0.491 e. The van der Waals surface area contributed by atoms with Crippen molar-refractivity contribution in [3.8, 4) is 5.75 Å². The minimum Gasteiger partial charge on any atom is -0.491 e. The molecule has 4 nitrogen and oxygen atoms in total. The Bertz CT molecular complexity index is 663. The van der Waals surface area contributed by atoms with Crippen LogP contribution in [0.4, 0.5) is 0 Å². The first kappa shape index (κ1) is 20.6. The number of rotatable bonds is 11. The van der Waals surface area contributed by atoms with Crippen LogP contribution in [0, 0.1) is 0 Å². The van der Waals surface area contributed by atoms with Crippen LogP contribution in [0.25, 0.3) is 0 Å². The van der Waals surface area contributed by atoms with Crippen molar-refractivity contribution in [3.05, 3.63) is 65.7 Å². The van der Waals surface area contributed by atoms with Crippen molar-refractivity contribution >= 4 is 21.7 Å². The monoisotopic (exact) mass is 420 g/mol. The molecule has 0 fully saturated rings. The highest BCUT2D eigenvalue weighted by molar-refractivity contribution is 9.10. The molecular weight excluding hydrogens is 396 g/mol. The molecule has 5 heteroatoms. The zero-order valence-electron chi connectivity index (χ0n) is 15.2. The van der Waals surface area contributed by atoms with E-state index in [1.807, 2.05) is 44.2 Å². The maximum absolute atomic E-state index is 12.1. The SMILES string of the molecule is CC(C)(Br)C(=O)c1ccc(OCCOCCOCc2ccccc2)cc1. The number of Topliss-reactive ketones (excluding diaryl/α,β-unsaturated/α-hetero) is 1. The molecule has 0 radical (unpaired) electrons. The highest BCUT2D eigenvalue weighted by Gasteiger charge is 2.24. The van der Waals surface area contributed by atoms with Gasteiger partial charge in [-0.2, -0.15) is 0 Å². The predicted molar refractivity (Wildman–Crippen MR) is 106 cm³/mol. The van der Waals surface area contributed by atoms with Crippen molar-refractivity contribution in [3.63, 3.8) is 0 Å². The first-order chi connectivity index (χ1) is 12.5. The molecule has 2 aromatic carbocycles. The molecule has 0 aliphatic rings. The van der Waals surface area contributed by atoms with Gasteiger partial charge in [-0.05, 0) is 43.7 Å². The first-order valence-corrected chi connectivity index (χ1v) is 9.42. The van der Waals surface area contributed by atoms with Crippen LogP contribution in [0.15, 0.2) is 54.6 Å². The Hall–Kier alpha value is -1.69. The number of ketones is 1. The van der Waals surface area contributed by atoms with Crippen LogP contribution in [-0.4, -0.2) is 36.5 Å². The minimum atomic E-state index is -0.564. The molecule has 0 aliphatic carbocycles. The Kier molecular flexibility index (Phi) is 8.29. The number of hydrogen-bond acceptors (Lipinski definition) is 4. The van der Waals surface area contributed by atoms with Crippen molar-refractivity contribution in [2.24, 2.45) is 0 Å². The molecule has 0 spiro atoms. The lowest BCUT2D eigenvalue weighted by molar-refractivity contribution is 0.0303. The van der Waals surface area contributed by atoms with Gasteiger partial charge in [-0.3, -0.25) is 4.79 Å². The number of hydrogen-bond donors (Lipinski definition) is 0. The maximum atomic E-state index is 12.1. The van der Waals surface area contributed by atoms with E-state index < -0.39 is 4.32 Å². The Balaban J connectivity index is 1.56. The van der Waals surface area contributed by atoms with E-state index in [2.05, 4.69) is 15.9 Å². The molecule has 0 unspecified atom stereocenters. The Labute approximate surface area is 163 Å². The molecule has 0 saturated carbocycles. The van der Waals surface area contributed by atoms with Crippen LogP contribution in [0.3, 0.4) is 0 Å². The normalized spacial score (nSPS) is 11.3. The zero-order chi connectivity index (χ0) is 18.8. The summed E-state index contributed by atoms with van der Waals surface area (Å²) in [4.78, 5) is 12.1. The molecule has 0 saturated heterocycles. The number of carbonyl (C=O) groups excluding carboxylic acids is 1. The van der Waals surface area contributed by atoms with Gasteiger partial charge in [0.25, 0.3) is 0 Å². The van der Waals surface area contributed by atoms with Gasteiger partial charge in [0.15, 0.2) is 5.78 Å². The molecule has 0 atom stereocenters. The fourth-order valence-corrected chi connectivity index (χ4v) is 2.48. The summed E-state index contributed by atoms with van der Waals surface area (Å²) in [6.07, 6.45) is 0. The quantitative estimate of drug-likeness (QED) is 0.301. The number of halogens is 1. The second kappa shape index (κ2) is 10.5. The molecule has 0 aromatic heterocycles. The third kappa shape index (κ3) is 7.28. The number of alkyl halides is 1. The average molecular weight is 421 g/mol. The minimum absolute atomic E-state index is 0.0443. The summed E-state index contributed by atoms with van der Waals surface area (Å²) in [5, 5.41) is 0. The Morgan fingerprint density at radius 2 is 1.50 bits per heavy atom. The lowest BCUT2D eigenvalue weighted by Crippen LogP contribution is -2.23. The van der Waals surface area contributed by atoms with Crippen LogP contribution in [-0.2, 0) is 16.1 Å². The number of benzene rings is 2. The Morgan fingerprint density at radius 3 is 2.15 bits per heavy atom. The van der Waals surface area contributed by atoms with Crippen LogP contribution in [0.1, 0.15) is 29.8 Å². The van der Waals surface area contributed by atoms with E-state index in [1.54, 1.807) is 24.3 Å². The molecule has 0 heterocycles. The summed E-state index contributed by atoms with van der Waals surface area (Å²) in [6.45, 7) is 6.29. The van der Waals surface area contributed by atoms with E-state index >= 15 is 0 Å². The van der Waals surface area contributed by atoms with Crippen LogP contribution in [0.5, 0.6) is 5.75 Å². The maximum Gasteiger partial charge on any atom is 0.178 e. The van der Waals surface area contributed by atoms with E-state index in [-0.39, 0.29) is 5.78 Å². The van der Waals surface area contributed by atoms with E-state index in [9.17, 15) is 4.79 Å². The summed E-state index contributed by atoms with van der Waals surface area (Å²) in [5.74, 6) is 0.765. The van der Waals surface area contributed by atoms with Gasteiger partial charge < -0.3 is 14.2 Å². The van der Waals surface area contributed by atoms with Gasteiger partial charge >= 0.3 is 0 Å². The summed E-state index contributed by atoms with van der Waals surface area (Å²) in [6, 6.07) is 17.2. The second-order valence-corrected chi connectivity index (χ2v) is 8.31. The molecule has 26 heavy (non-hydrogen) atoms. The van der Waals surface area contributed by atoms with Crippen LogP contribution < -0.4 is 4.74 Å². The lowest BCUT2D eigenvalue weighted by Gasteiger charge is -2.14. The van der Waals surface area contributed by atoms with Gasteiger partial charge in [0, 0.05) is 5.56 Å². The number of ether oxygens (including phenoxy) is 3. The van der Waals surface area contributed by atoms with Gasteiger partial charge in [0.2, 0.25) is 0 Å². The molecule has 140 valence electrons. The highest BCUT2D eigenvalue weighted by Crippen LogP contribution is 2.23. The smallest absolute Gasteiger partial charge is 0.178 e. The van der Waals surface area contributed by atoms with E-state index in [1.165, 1.54) is 0 Å². The summed E-state index contributed by atoms with van der Waals surface area (Å²) in [5.41, 5.74) is 1.81. The van der Waals surface area contributed by atoms with Crippen molar-refractivity contribution in [2.75, 3.05) is 26.4 Å². The topological polar surface area (TPSA) is 44.8 Å². The van der Waals surface area contributed by atoms with E-state index in [0.29, 0.717) is 38.6 Å². The third-order valence-corrected chi connectivity index (χ3v) is 4.00. The summed E-state index contributed by atoms with van der Waals surface area (Å²) < 4.78 is 16.1. The molecule has 2 rings (SSSR count). The standard InChI is InChI=1S/C21H25BrO4/c1-21(2,22)20(23)18-8-10-19(11-9-18)26-15-14-24-12-13-25-16-17-6-4-3-5-7-17/h3-11H,12-16H2,1-2H3. The third-order valence-electron chi connectivity index (χ3n) is 3.64. The molecule has 0 bridgehead atoms. The number of carbonyl (C=O) groups is 1. The van der Waals surface area contributed by atoms with Crippen molar-refractivity contribution in [1.29, 1.82) is 0 Å². The molecule has 2 aromatic rings. The molecule has 0 N–H and O–H groups in total. The van der Waals surface area contributed by atoms with Gasteiger partial charge in [0.05, 0.1) is 30.8 Å². The van der Waals surface area contributed by atoms with Crippen LogP contribution in [0.2, 0.25) is 0 Å². The lowest BCUT2D eigenvalue weighted by atomic mass is 10.0. The van der Waals surface area contributed by atoms with E-state index in [0.717, 1.165) is 11.3 Å². The van der Waals surface area contributed by atoms with Crippen molar-refractivity contribution < 1.29 is 19.0 Å². The summed E-state index contributed by atoms with van der Waals surface area (Å²) in [7, 11) is 0. The van der Waals surface area contributed by atoms with Gasteiger partial charge in [-0.1, -0.05) is 46.3 Å². The highest BCUT2D eigenvalue weighted by atomic mass is 79.9. The van der Waals surface area contributed by atoms with E-state index in [4.69, 9.17) is 14.2 Å². The molecule has 0 aliphatic heterocycles. The van der Waals surface area contributed by atoms with Gasteiger partial charge in [-0.25, -0.2) is 0 Å². The van der Waals surface area contributed by atoms with Crippen molar-refractivity contribution in [1.82, 2.24) is 0 Å². The fraction of sp³-hybridized carbons (Fsp3) is 0.381. The zero-order valence-corrected chi connectivity index (χ0v) is 16.8. The molecule has 0 amide bonds. The fourth-order valence-electron chi connectivity index (χ4n) is 2.25. The van der Waals surface area contributed by atoms with Crippen LogP contribution >= 0.6 is 15.9 Å². The average Bonchev–Trinajstić information content (AvgIpc) is 2.64. The summed E-state index contributed by atoms with van der Waals surface area (Å²) >= 11 is 3.38. The predicted octanol–water partition coefficient (Wildman–Crippen LogP) is 4.66. The van der Waals surface area contributed by atoms with Crippen molar-refractivity contribution in [2.45, 2.75) is 24.8 Å². The first-order valence-electron chi connectivity index (χ1n) is 8.63. The van der Waals surface area contributed by atoms with Gasteiger partial charge in [0.1, 0.15) is 12.4 Å². The second-order valence-electron chi connectivity index (χ2n) is 6.32. The Morgan fingerprint density at radius 1 is 0.885 bits per heavy atom. The van der Waals surface area contributed by atoms with Gasteiger partial charge in [-0.15, -0.1) is 0 Å². The molecular formula is C21H25BrO4.